The zero-order valence-electron chi connectivity index (χ0n) is 17.5. The first-order chi connectivity index (χ1) is 15.0. The van der Waals surface area contributed by atoms with E-state index in [4.69, 9.17) is 31.2 Å². The van der Waals surface area contributed by atoms with E-state index in [0.717, 1.165) is 48.8 Å². The predicted molar refractivity (Wildman–Crippen MR) is 120 cm³/mol. The number of piperazine rings is 1. The Hall–Kier alpha value is -2.97. The van der Waals surface area contributed by atoms with E-state index in [-0.39, 0.29) is 6.42 Å². The second-order valence-corrected chi connectivity index (χ2v) is 7.84. The maximum Gasteiger partial charge on any atom is 0.304 e. The summed E-state index contributed by atoms with van der Waals surface area (Å²) in [5, 5.41) is 9.36. The standard InChI is InChI=1S/C22H25ClN4O4/c1-30-19-13-20(31-2)17(23)12-16(19)18-14-27-6-3-15(11-21(27)24-18)26-9-7-25(8-10-26)5-4-22(28)29/h3,6,11-14H,4-5,7-10H2,1-2H3,(H,28,29). The number of aromatic nitrogens is 2. The Morgan fingerprint density at radius 2 is 1.87 bits per heavy atom. The molecule has 164 valence electrons. The highest BCUT2D eigenvalue weighted by Gasteiger charge is 2.19. The van der Waals surface area contributed by atoms with E-state index < -0.39 is 5.97 Å². The van der Waals surface area contributed by atoms with E-state index in [2.05, 4.69) is 21.9 Å². The number of aliphatic carboxylic acids is 1. The van der Waals surface area contributed by atoms with E-state index in [0.29, 0.717) is 23.1 Å². The summed E-state index contributed by atoms with van der Waals surface area (Å²) < 4.78 is 12.8. The van der Waals surface area contributed by atoms with Crippen LogP contribution < -0.4 is 14.4 Å². The number of carboxylic acid groups (broad SMARTS) is 1. The van der Waals surface area contributed by atoms with Crippen LogP contribution in [0.2, 0.25) is 5.02 Å². The summed E-state index contributed by atoms with van der Waals surface area (Å²) in [6.07, 6.45) is 4.13. The van der Waals surface area contributed by atoms with Crippen LogP contribution in [0, 0.1) is 0 Å². The molecule has 0 bridgehead atoms. The molecule has 0 spiro atoms. The number of carboxylic acids is 1. The molecular weight excluding hydrogens is 420 g/mol. The van der Waals surface area contributed by atoms with Crippen LogP contribution in [-0.4, -0.2) is 72.3 Å². The molecule has 4 rings (SSSR count). The molecule has 2 aromatic heterocycles. The molecule has 8 nitrogen and oxygen atoms in total. The largest absolute Gasteiger partial charge is 0.496 e. The lowest BCUT2D eigenvalue weighted by molar-refractivity contribution is -0.137. The summed E-state index contributed by atoms with van der Waals surface area (Å²) in [4.78, 5) is 20.1. The first kappa shape index (κ1) is 21.3. The smallest absolute Gasteiger partial charge is 0.304 e. The number of hydrogen-bond acceptors (Lipinski definition) is 6. The minimum Gasteiger partial charge on any atom is -0.496 e. The Balaban J connectivity index is 1.55. The zero-order chi connectivity index (χ0) is 22.0. The molecule has 1 aliphatic heterocycles. The number of anilines is 1. The van der Waals surface area contributed by atoms with Gasteiger partial charge in [0.2, 0.25) is 0 Å². The third-order valence-electron chi connectivity index (χ3n) is 5.57. The van der Waals surface area contributed by atoms with Crippen molar-refractivity contribution in [1.29, 1.82) is 0 Å². The Morgan fingerprint density at radius 3 is 2.55 bits per heavy atom. The highest BCUT2D eigenvalue weighted by Crippen LogP contribution is 2.38. The highest BCUT2D eigenvalue weighted by molar-refractivity contribution is 6.32. The summed E-state index contributed by atoms with van der Waals surface area (Å²) >= 11 is 6.33. The first-order valence-electron chi connectivity index (χ1n) is 10.1. The number of imidazole rings is 1. The van der Waals surface area contributed by atoms with Crippen LogP contribution in [0.4, 0.5) is 5.69 Å². The molecule has 0 radical (unpaired) electrons. The minimum absolute atomic E-state index is 0.182. The van der Waals surface area contributed by atoms with Gasteiger partial charge in [-0.05, 0) is 12.1 Å². The number of carbonyl (C=O) groups is 1. The molecule has 0 aliphatic carbocycles. The van der Waals surface area contributed by atoms with Crippen molar-refractivity contribution in [3.63, 3.8) is 0 Å². The minimum atomic E-state index is -0.752. The van der Waals surface area contributed by atoms with Crippen LogP contribution in [0.25, 0.3) is 16.9 Å². The fraction of sp³-hybridized carbons (Fsp3) is 0.364. The van der Waals surface area contributed by atoms with Crippen LogP contribution in [0.1, 0.15) is 6.42 Å². The SMILES string of the molecule is COc1cc(OC)c(-c2cn3ccc(N4CCN(CCC(=O)O)CC4)cc3n2)cc1Cl. The van der Waals surface area contributed by atoms with Crippen molar-refractivity contribution in [2.45, 2.75) is 6.42 Å². The lowest BCUT2D eigenvalue weighted by atomic mass is 10.1. The van der Waals surface area contributed by atoms with Gasteiger partial charge in [-0.2, -0.15) is 0 Å². The second-order valence-electron chi connectivity index (χ2n) is 7.44. The number of fused-ring (bicyclic) bond motifs is 1. The Bertz CT molecular complexity index is 1090. The van der Waals surface area contributed by atoms with Gasteiger partial charge >= 0.3 is 5.97 Å². The van der Waals surface area contributed by atoms with Crippen LogP contribution in [0.3, 0.4) is 0 Å². The summed E-state index contributed by atoms with van der Waals surface area (Å²) in [7, 11) is 3.18. The lowest BCUT2D eigenvalue weighted by Crippen LogP contribution is -2.46. The molecule has 0 atom stereocenters. The van der Waals surface area contributed by atoms with Gasteiger partial charge in [-0.15, -0.1) is 0 Å². The molecule has 1 aromatic carbocycles. The number of rotatable bonds is 7. The van der Waals surface area contributed by atoms with E-state index in [1.165, 1.54) is 0 Å². The van der Waals surface area contributed by atoms with Crippen LogP contribution >= 0.6 is 11.6 Å². The summed E-state index contributed by atoms with van der Waals surface area (Å²) in [6, 6.07) is 7.70. The van der Waals surface area contributed by atoms with Crippen molar-refractivity contribution in [3.05, 3.63) is 41.7 Å². The van der Waals surface area contributed by atoms with Crippen LogP contribution in [0.5, 0.6) is 11.5 Å². The fourth-order valence-electron chi connectivity index (χ4n) is 3.84. The number of hydrogen-bond donors (Lipinski definition) is 1. The van der Waals surface area contributed by atoms with Gasteiger partial charge in [-0.3, -0.25) is 9.69 Å². The van der Waals surface area contributed by atoms with Gasteiger partial charge in [0, 0.05) is 68.5 Å². The van der Waals surface area contributed by atoms with Crippen molar-refractivity contribution < 1.29 is 19.4 Å². The second kappa shape index (κ2) is 9.03. The van der Waals surface area contributed by atoms with Gasteiger partial charge < -0.3 is 23.9 Å². The topological polar surface area (TPSA) is 79.5 Å². The van der Waals surface area contributed by atoms with E-state index in [9.17, 15) is 4.79 Å². The monoisotopic (exact) mass is 444 g/mol. The Kier molecular flexibility index (Phi) is 6.20. The molecule has 0 unspecified atom stereocenters. The summed E-state index contributed by atoms with van der Waals surface area (Å²) in [6.45, 7) is 3.99. The fourth-order valence-corrected chi connectivity index (χ4v) is 4.08. The third kappa shape index (κ3) is 4.55. The summed E-state index contributed by atoms with van der Waals surface area (Å²) in [5.74, 6) is 0.441. The first-order valence-corrected chi connectivity index (χ1v) is 10.5. The van der Waals surface area contributed by atoms with E-state index in [1.54, 1.807) is 26.4 Å². The molecule has 1 fully saturated rings. The molecule has 9 heteroatoms. The molecule has 1 N–H and O–H groups in total. The predicted octanol–water partition coefficient (Wildman–Crippen LogP) is 3.27. The van der Waals surface area contributed by atoms with Gasteiger partial charge in [0.1, 0.15) is 17.1 Å². The van der Waals surface area contributed by atoms with Crippen LogP contribution in [-0.2, 0) is 4.79 Å². The lowest BCUT2D eigenvalue weighted by Gasteiger charge is -2.35. The molecule has 31 heavy (non-hydrogen) atoms. The van der Waals surface area contributed by atoms with E-state index in [1.807, 2.05) is 16.8 Å². The van der Waals surface area contributed by atoms with Gasteiger partial charge in [0.25, 0.3) is 0 Å². The van der Waals surface area contributed by atoms with Crippen molar-refractivity contribution >= 4 is 28.9 Å². The zero-order valence-corrected chi connectivity index (χ0v) is 18.3. The molecule has 1 aliphatic rings. The van der Waals surface area contributed by atoms with Gasteiger partial charge in [0.05, 0.1) is 31.4 Å². The third-order valence-corrected chi connectivity index (χ3v) is 5.87. The van der Waals surface area contributed by atoms with Crippen molar-refractivity contribution in [3.8, 4) is 22.8 Å². The average molecular weight is 445 g/mol. The van der Waals surface area contributed by atoms with E-state index >= 15 is 0 Å². The molecule has 3 heterocycles. The van der Waals surface area contributed by atoms with Crippen LogP contribution in [0.15, 0.2) is 36.7 Å². The Labute approximate surface area is 185 Å². The molecule has 0 amide bonds. The number of benzene rings is 1. The van der Waals surface area contributed by atoms with Crippen molar-refractivity contribution in [1.82, 2.24) is 14.3 Å². The number of pyridine rings is 1. The molecular formula is C22H25ClN4O4. The number of halogens is 1. The maximum atomic E-state index is 10.8. The van der Waals surface area contributed by atoms with Gasteiger partial charge in [0.15, 0.2) is 0 Å². The molecule has 0 saturated carbocycles. The van der Waals surface area contributed by atoms with Gasteiger partial charge in [-0.25, -0.2) is 4.98 Å². The number of nitrogens with zero attached hydrogens (tertiary/aromatic N) is 4. The molecule has 1 saturated heterocycles. The number of methoxy groups -OCH3 is 2. The van der Waals surface area contributed by atoms with Crippen molar-refractivity contribution in [2.75, 3.05) is 51.8 Å². The normalized spacial score (nSPS) is 14.7. The maximum absolute atomic E-state index is 10.8. The van der Waals surface area contributed by atoms with Crippen molar-refractivity contribution in [2.24, 2.45) is 0 Å². The molecule has 3 aromatic rings. The highest BCUT2D eigenvalue weighted by atomic mass is 35.5. The average Bonchev–Trinajstić information content (AvgIpc) is 3.21. The summed E-state index contributed by atoms with van der Waals surface area (Å²) in [5.41, 5.74) is 3.49. The number of ether oxygens (including phenoxy) is 2. The quantitative estimate of drug-likeness (QED) is 0.599. The Morgan fingerprint density at radius 1 is 1.13 bits per heavy atom. The van der Waals surface area contributed by atoms with Gasteiger partial charge in [-0.1, -0.05) is 11.6 Å².